The Labute approximate surface area is 719 Å². The highest BCUT2D eigenvalue weighted by molar-refractivity contribution is 5.81. The van der Waals surface area contributed by atoms with E-state index >= 15 is 0 Å². The lowest BCUT2D eigenvalue weighted by molar-refractivity contribution is 0.256. The van der Waals surface area contributed by atoms with Crippen molar-refractivity contribution in [3.05, 3.63) is 69.8 Å². The molecule has 0 unspecified atom stereocenters. The molecule has 0 bridgehead atoms. The van der Waals surface area contributed by atoms with Crippen molar-refractivity contribution in [1.29, 1.82) is 0 Å². The molecular weight excluding hydrogens is 1430 g/mol. The first-order valence-electron chi connectivity index (χ1n) is 50.8. The molecule has 3 aromatic rings. The quantitative estimate of drug-likeness (QED) is 0.0426. The van der Waals surface area contributed by atoms with Crippen LogP contribution in [0.5, 0.6) is 34.5 Å². The Morgan fingerprint density at radius 2 is 0.388 bits per heavy atom. The lowest BCUT2D eigenvalue weighted by atomic mass is 9.97. The van der Waals surface area contributed by atoms with Crippen LogP contribution in [0.1, 0.15) is 514 Å². The van der Waals surface area contributed by atoms with Crippen LogP contribution in [0.2, 0.25) is 0 Å². The van der Waals surface area contributed by atoms with Gasteiger partial charge in [-0.15, -0.1) is 0 Å². The second-order valence-electron chi connectivity index (χ2n) is 36.8. The summed E-state index contributed by atoms with van der Waals surface area (Å²) in [4.78, 5) is 0. The molecule has 0 aliphatic heterocycles. The van der Waals surface area contributed by atoms with Gasteiger partial charge in [0.05, 0.1) is 52.9 Å². The zero-order valence-electron chi connectivity index (χ0n) is 78.3. The molecule has 0 spiro atoms. The van der Waals surface area contributed by atoms with Gasteiger partial charge in [0, 0.05) is 33.4 Å². The van der Waals surface area contributed by atoms with Gasteiger partial charge in [-0.05, 0) is 98.6 Å². The first-order valence-corrected chi connectivity index (χ1v) is 50.8. The third kappa shape index (κ3) is 58.0. The first-order chi connectivity index (χ1) is 57.0. The van der Waals surface area contributed by atoms with Gasteiger partial charge in [0.25, 0.3) is 0 Å². The van der Waals surface area contributed by atoms with E-state index in [1.807, 2.05) is 12.1 Å². The molecule has 2 atom stereocenters. The molecule has 0 radical (unpaired) electrons. The number of ether oxygens (including phenoxy) is 6. The van der Waals surface area contributed by atoms with Crippen molar-refractivity contribution in [1.82, 2.24) is 0 Å². The molecule has 8 nitrogen and oxygen atoms in total. The maximum atomic E-state index is 11.0. The number of benzene rings is 3. The molecule has 0 aliphatic rings. The summed E-state index contributed by atoms with van der Waals surface area (Å²) in [5, 5.41) is 22.0. The fraction of sp³-hybridized carbons (Fsp3) is 0.796. The fourth-order valence-corrected chi connectivity index (χ4v) is 16.4. The third-order valence-corrected chi connectivity index (χ3v) is 24.5. The lowest BCUT2D eigenvalue weighted by Gasteiger charge is -2.19. The molecule has 0 aromatic heterocycles. The summed E-state index contributed by atoms with van der Waals surface area (Å²) in [6.07, 6.45) is 91.4. The summed E-state index contributed by atoms with van der Waals surface area (Å²) in [6.45, 7) is 26.7. The molecule has 0 fully saturated rings. The van der Waals surface area contributed by atoms with Gasteiger partial charge >= 0.3 is 0 Å². The van der Waals surface area contributed by atoms with Crippen molar-refractivity contribution in [3.63, 3.8) is 0 Å². The van der Waals surface area contributed by atoms with Crippen LogP contribution < -0.4 is 28.4 Å². The molecule has 0 saturated carbocycles. The maximum Gasteiger partial charge on any atom is 0.127 e. The van der Waals surface area contributed by atoms with E-state index in [4.69, 9.17) is 28.4 Å². The van der Waals surface area contributed by atoms with Crippen LogP contribution >= 0.6 is 0 Å². The lowest BCUT2D eigenvalue weighted by Crippen LogP contribution is -2.08. The molecule has 0 aliphatic carbocycles. The Bertz CT molecular complexity index is 2540. The first kappa shape index (κ1) is 106. The number of hydrogen-bond acceptors (Lipinski definition) is 8. The summed E-state index contributed by atoms with van der Waals surface area (Å²) in [5.41, 5.74) is 5.24. The summed E-state index contributed by atoms with van der Waals surface area (Å²) < 4.78 is 41.2. The van der Waals surface area contributed by atoms with Gasteiger partial charge < -0.3 is 38.6 Å². The van der Waals surface area contributed by atoms with E-state index in [0.717, 1.165) is 132 Å². The number of aliphatic hydroxyl groups is 2. The van der Waals surface area contributed by atoms with Crippen LogP contribution in [-0.4, -0.2) is 49.9 Å². The average molecular weight is 1620 g/mol. The number of unbranched alkanes of at least 4 members (excludes halogenated alkanes) is 52. The van der Waals surface area contributed by atoms with Crippen LogP contribution in [-0.2, 0) is 13.2 Å². The minimum atomic E-state index is -0.125. The zero-order valence-corrected chi connectivity index (χ0v) is 78.3. The standard InChI is InChI=1S/C108H190O8/c1-11-15-19-23-27-31-35-39-43-47-51-55-59-63-79-111-105-89-101(91-109)107(113-81-65-61-57-53-49-45-41-37-33-29-25-21-17-13-3)87-99(105)75-73-97-85-104(116-84-78-96(10)72-68-70-94(7)8)98(86-103(97)115-83-77-95(9)71-67-69-93(5)6)74-76-100-88-108(114-82-66-62-58-54-50-46-42-38-34-30-26-22-18-14-4)102(92-110)90-106(100)112-80-64-60-56-52-48-44-40-36-32-28-24-20-16-12-2/h73-76,85-90,93-96,109-110H,11-72,77-84,91-92H2,1-10H3/b75-73+,76-74+/t95-,96-/m0/s1. The van der Waals surface area contributed by atoms with Crippen LogP contribution in [0, 0.1) is 23.7 Å². The SMILES string of the molecule is CCCCCCCCCCCCCCCCOc1cc(CO)c(OCCCCCCCCCCCCCCCC)cc1/C=C/c1cc(OCC[C@@H](C)CCCC(C)C)c(/C=C/c2cc(OCCCCCCCCCCCCCCCC)c(CO)cc2OCCCCCCCCCCCCCCCC)cc1OCC[C@@H](C)CCCC(C)C. The number of aliphatic hydroxyl groups excluding tert-OH is 2. The summed E-state index contributed by atoms with van der Waals surface area (Å²) in [6, 6.07) is 12.7. The summed E-state index contributed by atoms with van der Waals surface area (Å²) in [5.74, 6) is 7.03. The highest BCUT2D eigenvalue weighted by Crippen LogP contribution is 2.38. The average Bonchev–Trinajstić information content (AvgIpc) is 0.814. The Balaban J connectivity index is 2.08. The van der Waals surface area contributed by atoms with Crippen molar-refractivity contribution in [2.75, 3.05) is 39.6 Å². The summed E-state index contributed by atoms with van der Waals surface area (Å²) in [7, 11) is 0. The molecular formula is C108H190O8. The van der Waals surface area contributed by atoms with Crippen LogP contribution in [0.25, 0.3) is 24.3 Å². The van der Waals surface area contributed by atoms with E-state index in [9.17, 15) is 10.2 Å². The van der Waals surface area contributed by atoms with E-state index in [0.29, 0.717) is 63.3 Å². The topological polar surface area (TPSA) is 95.8 Å². The van der Waals surface area contributed by atoms with Crippen molar-refractivity contribution < 1.29 is 38.6 Å². The number of rotatable bonds is 86. The van der Waals surface area contributed by atoms with E-state index in [1.165, 1.54) is 347 Å². The minimum absolute atomic E-state index is 0.125. The normalized spacial score (nSPS) is 12.4. The molecule has 3 rings (SSSR count). The molecule has 0 heterocycles. The second kappa shape index (κ2) is 77.0. The molecule has 8 heteroatoms. The molecule has 670 valence electrons. The smallest absolute Gasteiger partial charge is 0.127 e. The maximum absolute atomic E-state index is 11.0. The van der Waals surface area contributed by atoms with Gasteiger partial charge in [-0.3, -0.25) is 0 Å². The highest BCUT2D eigenvalue weighted by atomic mass is 16.5. The molecule has 2 N–H and O–H groups in total. The van der Waals surface area contributed by atoms with Gasteiger partial charge in [0.1, 0.15) is 34.5 Å². The van der Waals surface area contributed by atoms with E-state index in [1.54, 1.807) is 0 Å². The van der Waals surface area contributed by atoms with Gasteiger partial charge in [-0.25, -0.2) is 0 Å². The molecule has 0 amide bonds. The monoisotopic (exact) mass is 1620 g/mol. The van der Waals surface area contributed by atoms with E-state index < -0.39 is 0 Å². The Morgan fingerprint density at radius 3 is 0.595 bits per heavy atom. The fourth-order valence-electron chi connectivity index (χ4n) is 16.4. The third-order valence-electron chi connectivity index (χ3n) is 24.5. The van der Waals surface area contributed by atoms with Crippen molar-refractivity contribution in [2.45, 2.75) is 493 Å². The van der Waals surface area contributed by atoms with Crippen molar-refractivity contribution in [3.8, 4) is 34.5 Å². The summed E-state index contributed by atoms with van der Waals surface area (Å²) >= 11 is 0. The van der Waals surface area contributed by atoms with Gasteiger partial charge in [0.2, 0.25) is 0 Å². The van der Waals surface area contributed by atoms with E-state index in [-0.39, 0.29) is 13.2 Å². The van der Waals surface area contributed by atoms with Crippen molar-refractivity contribution in [2.24, 2.45) is 23.7 Å². The Morgan fingerprint density at radius 1 is 0.207 bits per heavy atom. The Hall–Kier alpha value is -4.14. The molecule has 0 saturated heterocycles. The predicted octanol–water partition coefficient (Wildman–Crippen LogP) is 34.9. The highest BCUT2D eigenvalue weighted by Gasteiger charge is 2.18. The van der Waals surface area contributed by atoms with Gasteiger partial charge in [-0.1, -0.05) is 466 Å². The number of hydrogen-bond donors (Lipinski definition) is 2. The Kier molecular flexibility index (Phi) is 70.3. The van der Waals surface area contributed by atoms with Crippen LogP contribution in [0.15, 0.2) is 36.4 Å². The van der Waals surface area contributed by atoms with Gasteiger partial charge in [0.15, 0.2) is 0 Å². The largest absolute Gasteiger partial charge is 0.493 e. The van der Waals surface area contributed by atoms with Crippen LogP contribution in [0.4, 0.5) is 0 Å². The molecule has 3 aromatic carbocycles. The van der Waals surface area contributed by atoms with E-state index in [2.05, 4.69) is 118 Å². The van der Waals surface area contributed by atoms with Crippen LogP contribution in [0.3, 0.4) is 0 Å². The van der Waals surface area contributed by atoms with Gasteiger partial charge in [-0.2, -0.15) is 0 Å². The predicted molar refractivity (Wildman–Crippen MR) is 508 cm³/mol. The minimum Gasteiger partial charge on any atom is -0.493 e. The molecule has 116 heavy (non-hydrogen) atoms. The zero-order chi connectivity index (χ0) is 83.5. The second-order valence-corrected chi connectivity index (χ2v) is 36.8. The van der Waals surface area contributed by atoms with Crippen molar-refractivity contribution >= 4 is 24.3 Å².